The van der Waals surface area contributed by atoms with Gasteiger partial charge >= 0.3 is 5.97 Å². The van der Waals surface area contributed by atoms with Gasteiger partial charge in [0.05, 0.1) is 4.47 Å². The minimum absolute atomic E-state index is 0.345. The van der Waals surface area contributed by atoms with E-state index in [1.807, 2.05) is 0 Å². The number of pyridine rings is 1. The van der Waals surface area contributed by atoms with Crippen LogP contribution in [-0.4, -0.2) is 22.0 Å². The van der Waals surface area contributed by atoms with E-state index in [1.54, 1.807) is 12.1 Å². The molecule has 1 aromatic heterocycles. The maximum absolute atomic E-state index is 11.1. The number of rotatable bonds is 3. The molecule has 0 atom stereocenters. The molecular weight excluding hydrogens is 264 g/mol. The van der Waals surface area contributed by atoms with Crippen LogP contribution in [-0.2, 0) is 9.59 Å². The van der Waals surface area contributed by atoms with Crippen LogP contribution in [0.25, 0.3) is 0 Å². The van der Waals surface area contributed by atoms with Gasteiger partial charge in [0.2, 0.25) is 5.91 Å². The fourth-order valence-corrected chi connectivity index (χ4v) is 1.14. The van der Waals surface area contributed by atoms with Crippen molar-refractivity contribution in [1.82, 2.24) is 4.98 Å². The number of anilines is 1. The Hall–Kier alpha value is -1.69. The van der Waals surface area contributed by atoms with E-state index in [4.69, 9.17) is 5.11 Å². The number of halogens is 1. The molecule has 1 heterocycles. The fourth-order valence-electron chi connectivity index (χ4n) is 0.783. The van der Waals surface area contributed by atoms with E-state index >= 15 is 0 Å². The van der Waals surface area contributed by atoms with E-state index in [-0.39, 0.29) is 0 Å². The second kappa shape index (κ2) is 5.26. The summed E-state index contributed by atoms with van der Waals surface area (Å²) >= 11 is 3.19. The predicted octanol–water partition coefficient (Wildman–Crippen LogP) is 1.42. The van der Waals surface area contributed by atoms with Crippen LogP contribution in [0.5, 0.6) is 0 Å². The Balaban J connectivity index is 2.67. The average molecular weight is 271 g/mol. The Morgan fingerprint density at radius 1 is 1.47 bits per heavy atom. The molecule has 0 aliphatic rings. The third-order valence-electron chi connectivity index (χ3n) is 1.38. The van der Waals surface area contributed by atoms with Crippen molar-refractivity contribution in [1.29, 1.82) is 0 Å². The van der Waals surface area contributed by atoms with E-state index in [1.165, 1.54) is 6.20 Å². The summed E-state index contributed by atoms with van der Waals surface area (Å²) in [6.07, 6.45) is 3.19. The number of hydrogen-bond acceptors (Lipinski definition) is 3. The Kier molecular flexibility index (Phi) is 3.99. The lowest BCUT2D eigenvalue weighted by atomic mass is 10.4. The summed E-state index contributed by atoms with van der Waals surface area (Å²) < 4.78 is 0.627. The highest BCUT2D eigenvalue weighted by Gasteiger charge is 2.02. The lowest BCUT2D eigenvalue weighted by molar-refractivity contribution is -0.131. The average Bonchev–Trinajstić information content (AvgIpc) is 2.18. The highest BCUT2D eigenvalue weighted by molar-refractivity contribution is 9.10. The van der Waals surface area contributed by atoms with Crippen LogP contribution in [0.3, 0.4) is 0 Å². The van der Waals surface area contributed by atoms with Gasteiger partial charge in [-0.15, -0.1) is 0 Å². The SMILES string of the molecule is O=C(O)/C=C/C(=O)Nc1ncccc1Br. The number of aromatic nitrogens is 1. The Morgan fingerprint density at radius 3 is 2.80 bits per heavy atom. The van der Waals surface area contributed by atoms with Crippen molar-refractivity contribution in [2.45, 2.75) is 0 Å². The van der Waals surface area contributed by atoms with Crippen LogP contribution in [0.15, 0.2) is 35.0 Å². The van der Waals surface area contributed by atoms with Crippen molar-refractivity contribution in [2.75, 3.05) is 5.32 Å². The molecule has 2 N–H and O–H groups in total. The molecule has 1 amide bonds. The van der Waals surface area contributed by atoms with Gasteiger partial charge in [0.1, 0.15) is 5.82 Å². The molecule has 0 spiro atoms. The highest BCUT2D eigenvalue weighted by atomic mass is 79.9. The zero-order chi connectivity index (χ0) is 11.3. The fraction of sp³-hybridized carbons (Fsp3) is 0. The Labute approximate surface area is 94.0 Å². The third-order valence-corrected chi connectivity index (χ3v) is 2.02. The number of carboxylic acid groups (broad SMARTS) is 1. The smallest absolute Gasteiger partial charge is 0.328 e. The monoisotopic (exact) mass is 270 g/mol. The van der Waals surface area contributed by atoms with Crippen LogP contribution in [0.2, 0.25) is 0 Å². The number of carbonyl (C=O) groups excluding carboxylic acids is 1. The molecule has 0 fully saturated rings. The molecule has 0 radical (unpaired) electrons. The van der Waals surface area contributed by atoms with E-state index in [9.17, 15) is 9.59 Å². The summed E-state index contributed by atoms with van der Waals surface area (Å²) in [6, 6.07) is 3.41. The van der Waals surface area contributed by atoms with Gasteiger partial charge in [-0.25, -0.2) is 9.78 Å². The number of carboxylic acids is 1. The van der Waals surface area contributed by atoms with Crippen LogP contribution in [0.4, 0.5) is 5.82 Å². The second-order valence-electron chi connectivity index (χ2n) is 2.49. The van der Waals surface area contributed by atoms with Gasteiger partial charge in [0.25, 0.3) is 0 Å². The minimum atomic E-state index is -1.18. The van der Waals surface area contributed by atoms with Crippen LogP contribution in [0.1, 0.15) is 0 Å². The molecule has 15 heavy (non-hydrogen) atoms. The molecule has 0 bridgehead atoms. The first-order valence-electron chi connectivity index (χ1n) is 3.92. The van der Waals surface area contributed by atoms with E-state index in [0.717, 1.165) is 12.2 Å². The summed E-state index contributed by atoms with van der Waals surface area (Å²) in [5, 5.41) is 10.7. The van der Waals surface area contributed by atoms with Crippen molar-refractivity contribution in [3.05, 3.63) is 35.0 Å². The van der Waals surface area contributed by atoms with E-state index in [0.29, 0.717) is 10.3 Å². The lowest BCUT2D eigenvalue weighted by Crippen LogP contribution is -2.10. The van der Waals surface area contributed by atoms with Crippen LogP contribution < -0.4 is 5.32 Å². The summed E-state index contributed by atoms with van der Waals surface area (Å²) in [5.74, 6) is -1.38. The number of hydrogen-bond donors (Lipinski definition) is 2. The number of amides is 1. The number of carbonyl (C=O) groups is 2. The summed E-state index contributed by atoms with van der Waals surface area (Å²) in [7, 11) is 0. The van der Waals surface area contributed by atoms with E-state index in [2.05, 4.69) is 26.2 Å². The molecule has 1 rings (SSSR count). The van der Waals surface area contributed by atoms with Gasteiger partial charge in [0, 0.05) is 18.3 Å². The van der Waals surface area contributed by atoms with Crippen molar-refractivity contribution in [2.24, 2.45) is 0 Å². The molecule has 5 nitrogen and oxygen atoms in total. The van der Waals surface area contributed by atoms with Gasteiger partial charge in [-0.1, -0.05) is 0 Å². The van der Waals surface area contributed by atoms with Crippen molar-refractivity contribution in [3.8, 4) is 0 Å². The quantitative estimate of drug-likeness (QED) is 0.815. The van der Waals surface area contributed by atoms with Crippen molar-refractivity contribution >= 4 is 33.6 Å². The first kappa shape index (κ1) is 11.4. The first-order valence-corrected chi connectivity index (χ1v) is 4.71. The van der Waals surface area contributed by atoms with Gasteiger partial charge in [-0.2, -0.15) is 0 Å². The summed E-state index contributed by atoms with van der Waals surface area (Å²) in [5.41, 5.74) is 0. The molecule has 0 aliphatic heterocycles. The van der Waals surface area contributed by atoms with Gasteiger partial charge in [0.15, 0.2) is 0 Å². The van der Waals surface area contributed by atoms with Gasteiger partial charge < -0.3 is 10.4 Å². The van der Waals surface area contributed by atoms with Gasteiger partial charge in [-0.3, -0.25) is 4.79 Å². The maximum Gasteiger partial charge on any atom is 0.328 e. The molecule has 6 heteroatoms. The standard InChI is InChI=1S/C9H7BrN2O3/c10-6-2-1-5-11-9(6)12-7(13)3-4-8(14)15/h1-5H,(H,14,15)(H,11,12,13)/b4-3+. The Bertz CT molecular complexity index is 418. The zero-order valence-electron chi connectivity index (χ0n) is 7.48. The minimum Gasteiger partial charge on any atom is -0.478 e. The topological polar surface area (TPSA) is 79.3 Å². The maximum atomic E-state index is 11.1. The number of aliphatic carboxylic acids is 1. The molecule has 78 valence electrons. The second-order valence-corrected chi connectivity index (χ2v) is 3.35. The number of nitrogens with one attached hydrogen (secondary N) is 1. The van der Waals surface area contributed by atoms with E-state index < -0.39 is 11.9 Å². The zero-order valence-corrected chi connectivity index (χ0v) is 9.06. The summed E-state index contributed by atoms with van der Waals surface area (Å²) in [6.45, 7) is 0. The molecule has 0 aromatic carbocycles. The highest BCUT2D eigenvalue weighted by Crippen LogP contribution is 2.17. The van der Waals surface area contributed by atoms with Crippen LogP contribution >= 0.6 is 15.9 Å². The third kappa shape index (κ3) is 3.90. The summed E-state index contributed by atoms with van der Waals surface area (Å²) in [4.78, 5) is 25.2. The van der Waals surface area contributed by atoms with Gasteiger partial charge in [-0.05, 0) is 28.1 Å². The molecule has 0 aliphatic carbocycles. The molecule has 1 aromatic rings. The largest absolute Gasteiger partial charge is 0.478 e. The molecule has 0 saturated heterocycles. The van der Waals surface area contributed by atoms with Crippen LogP contribution in [0, 0.1) is 0 Å². The predicted molar refractivity (Wildman–Crippen MR) is 57.3 cm³/mol. The number of nitrogens with zero attached hydrogens (tertiary/aromatic N) is 1. The van der Waals surface area contributed by atoms with Crippen molar-refractivity contribution in [3.63, 3.8) is 0 Å². The molecular formula is C9H7BrN2O3. The lowest BCUT2D eigenvalue weighted by Gasteiger charge is -2.02. The molecule has 0 saturated carbocycles. The normalized spacial score (nSPS) is 10.2. The Morgan fingerprint density at radius 2 is 2.20 bits per heavy atom. The first-order chi connectivity index (χ1) is 7.09. The molecule has 0 unspecified atom stereocenters. The van der Waals surface area contributed by atoms with Crippen molar-refractivity contribution < 1.29 is 14.7 Å².